The molecule has 0 bridgehead atoms. The van der Waals surface area contributed by atoms with E-state index >= 15 is 0 Å². The van der Waals surface area contributed by atoms with Gasteiger partial charge in [0, 0.05) is 17.2 Å². The number of rotatable bonds is 5. The van der Waals surface area contributed by atoms with Crippen molar-refractivity contribution in [2.24, 2.45) is 0 Å². The van der Waals surface area contributed by atoms with E-state index in [1.807, 2.05) is 56.4 Å². The van der Waals surface area contributed by atoms with E-state index in [1.54, 1.807) is 0 Å². The normalized spacial score (nSPS) is 18.6. The smallest absolute Gasteiger partial charge is 0.286 e. The summed E-state index contributed by atoms with van der Waals surface area (Å²) in [6.07, 6.45) is -4.27. The summed E-state index contributed by atoms with van der Waals surface area (Å²) in [5.74, 6) is -0.176. The Morgan fingerprint density at radius 3 is 2.28 bits per heavy atom. The summed E-state index contributed by atoms with van der Waals surface area (Å²) in [7, 11) is 5.74. The Labute approximate surface area is 157 Å². The van der Waals surface area contributed by atoms with Crippen molar-refractivity contribution in [3.63, 3.8) is 0 Å². The number of likely N-dealkylation sites (N-methyl/N-ethyl adjacent to an activating group) is 1. The highest BCUT2D eigenvalue weighted by molar-refractivity contribution is 8.05. The molecule has 0 aromatic heterocycles. The summed E-state index contributed by atoms with van der Waals surface area (Å²) in [5.41, 5.74) is 4.30. The SMILES string of the molecule is CN(C)C(OP(=O)(Cl)Cl)C1C(c2ccccc2)=[N+](C)c2ccccc21. The van der Waals surface area contributed by atoms with Crippen LogP contribution in [0.15, 0.2) is 54.6 Å². The quantitative estimate of drug-likeness (QED) is 0.402. The number of fused-ring (bicyclic) bond motifs is 1. The largest absolute Gasteiger partial charge is 0.381 e. The molecule has 7 heteroatoms. The summed E-state index contributed by atoms with van der Waals surface area (Å²) >= 11 is 11.5. The fraction of sp³-hybridized carbons (Fsp3) is 0.278. The lowest BCUT2D eigenvalue weighted by Gasteiger charge is -2.29. The molecule has 0 fully saturated rings. The van der Waals surface area contributed by atoms with Gasteiger partial charge in [-0.1, -0.05) is 36.4 Å². The number of nitrogens with zero attached hydrogens (tertiary/aromatic N) is 2. The minimum Gasteiger partial charge on any atom is -0.286 e. The zero-order chi connectivity index (χ0) is 18.2. The molecule has 0 aliphatic carbocycles. The van der Waals surface area contributed by atoms with Gasteiger partial charge in [0.05, 0.1) is 0 Å². The van der Waals surface area contributed by atoms with Crippen LogP contribution in [0.25, 0.3) is 0 Å². The maximum absolute atomic E-state index is 12.0. The summed E-state index contributed by atoms with van der Waals surface area (Å²) in [6, 6.07) is 18.2. The van der Waals surface area contributed by atoms with E-state index in [-0.39, 0.29) is 5.92 Å². The lowest BCUT2D eigenvalue weighted by atomic mass is 9.90. The van der Waals surface area contributed by atoms with Crippen molar-refractivity contribution in [3.8, 4) is 0 Å². The van der Waals surface area contributed by atoms with Gasteiger partial charge in [0.15, 0.2) is 0 Å². The van der Waals surface area contributed by atoms with Crippen LogP contribution in [0.5, 0.6) is 0 Å². The predicted octanol–water partition coefficient (Wildman–Crippen LogP) is 5.04. The second-order valence-electron chi connectivity index (χ2n) is 6.22. The average molecular weight is 398 g/mol. The fourth-order valence-corrected chi connectivity index (χ4v) is 4.44. The zero-order valence-corrected chi connectivity index (χ0v) is 16.7. The van der Waals surface area contributed by atoms with Crippen LogP contribution in [0.1, 0.15) is 17.0 Å². The van der Waals surface area contributed by atoms with Crippen molar-refractivity contribution in [1.82, 2.24) is 4.90 Å². The standard InChI is InChI=1S/C18H20Cl2N2O2P/c1-21(2)18(24-25(19,20)23)16-14-11-7-8-12-15(14)22(3)17(16)13-9-5-4-6-10-13/h4-12,16,18H,1-3H3/q+1. The Morgan fingerprint density at radius 1 is 1.08 bits per heavy atom. The topological polar surface area (TPSA) is 32.5 Å². The third-order valence-corrected chi connectivity index (χ3v) is 5.32. The first-order valence-corrected chi connectivity index (χ1v) is 11.3. The Morgan fingerprint density at radius 2 is 1.68 bits per heavy atom. The van der Waals surface area contributed by atoms with E-state index in [1.165, 1.54) is 0 Å². The van der Waals surface area contributed by atoms with E-state index in [0.29, 0.717) is 0 Å². The highest BCUT2D eigenvalue weighted by Crippen LogP contribution is 2.60. The third-order valence-electron chi connectivity index (χ3n) is 4.38. The van der Waals surface area contributed by atoms with Gasteiger partial charge in [-0.25, -0.2) is 0 Å². The van der Waals surface area contributed by atoms with E-state index in [9.17, 15) is 4.57 Å². The Bertz CT molecular complexity index is 849. The molecule has 2 aromatic carbocycles. The van der Waals surface area contributed by atoms with Gasteiger partial charge >= 0.3 is 6.07 Å². The molecule has 0 radical (unpaired) electrons. The molecule has 132 valence electrons. The average Bonchev–Trinajstić information content (AvgIpc) is 2.85. The first kappa shape index (κ1) is 18.6. The van der Waals surface area contributed by atoms with Crippen LogP contribution in [0, 0.1) is 0 Å². The minimum atomic E-state index is -3.71. The van der Waals surface area contributed by atoms with Crippen LogP contribution in [0.4, 0.5) is 5.69 Å². The molecule has 3 rings (SSSR count). The predicted molar refractivity (Wildman–Crippen MR) is 103 cm³/mol. The highest BCUT2D eigenvalue weighted by atomic mass is 35.9. The van der Waals surface area contributed by atoms with Crippen LogP contribution in [0.2, 0.25) is 0 Å². The lowest BCUT2D eigenvalue weighted by Crippen LogP contribution is -2.39. The van der Waals surface area contributed by atoms with Crippen molar-refractivity contribution in [2.45, 2.75) is 12.1 Å². The molecule has 0 spiro atoms. The van der Waals surface area contributed by atoms with E-state index in [4.69, 9.17) is 27.0 Å². The molecule has 0 saturated heterocycles. The van der Waals surface area contributed by atoms with Gasteiger partial charge in [-0.15, -0.1) is 0 Å². The molecule has 2 unspecified atom stereocenters. The van der Waals surface area contributed by atoms with Crippen molar-refractivity contribution in [1.29, 1.82) is 0 Å². The monoisotopic (exact) mass is 397 g/mol. The van der Waals surface area contributed by atoms with E-state index < -0.39 is 12.3 Å². The second kappa shape index (κ2) is 7.22. The first-order chi connectivity index (χ1) is 11.8. The molecule has 25 heavy (non-hydrogen) atoms. The molecule has 2 atom stereocenters. The van der Waals surface area contributed by atoms with Gasteiger partial charge in [-0.3, -0.25) is 14.0 Å². The molecule has 0 N–H and O–H groups in total. The maximum Gasteiger partial charge on any atom is 0.381 e. The fourth-order valence-electron chi connectivity index (χ4n) is 3.39. The second-order valence-corrected chi connectivity index (χ2v) is 10.4. The number of hydrogen-bond acceptors (Lipinski definition) is 3. The minimum absolute atomic E-state index is 0.176. The van der Waals surface area contributed by atoms with Crippen molar-refractivity contribution in [3.05, 3.63) is 65.7 Å². The van der Waals surface area contributed by atoms with Crippen LogP contribution in [0.3, 0.4) is 0 Å². The van der Waals surface area contributed by atoms with Crippen LogP contribution >= 0.6 is 28.6 Å². The molecule has 2 aromatic rings. The number of benzene rings is 2. The van der Waals surface area contributed by atoms with Gasteiger partial charge in [-0.05, 0) is 48.7 Å². The lowest BCUT2D eigenvalue weighted by molar-refractivity contribution is -0.401. The molecular formula is C18H20Cl2N2O2P+. The van der Waals surface area contributed by atoms with Gasteiger partial charge in [0.25, 0.3) is 0 Å². The molecular weight excluding hydrogens is 378 g/mol. The van der Waals surface area contributed by atoms with Crippen LogP contribution < -0.4 is 0 Å². The summed E-state index contributed by atoms with van der Waals surface area (Å²) in [6.45, 7) is 0. The Hall–Kier alpha value is -1.16. The van der Waals surface area contributed by atoms with Crippen molar-refractivity contribution in [2.75, 3.05) is 21.1 Å². The Balaban J connectivity index is 2.18. The first-order valence-electron chi connectivity index (χ1n) is 7.88. The molecule has 0 saturated carbocycles. The van der Waals surface area contributed by atoms with Crippen molar-refractivity contribution >= 4 is 40.0 Å². The van der Waals surface area contributed by atoms with Crippen LogP contribution in [-0.4, -0.2) is 42.6 Å². The molecule has 1 heterocycles. The van der Waals surface area contributed by atoms with Gasteiger partial charge < -0.3 is 0 Å². The third kappa shape index (κ3) is 3.84. The van der Waals surface area contributed by atoms with Gasteiger partial charge in [-0.2, -0.15) is 4.58 Å². The molecule has 0 amide bonds. The van der Waals surface area contributed by atoms with Crippen LogP contribution in [-0.2, 0) is 9.09 Å². The van der Waals surface area contributed by atoms with Gasteiger partial charge in [0.1, 0.15) is 19.2 Å². The van der Waals surface area contributed by atoms with E-state index in [2.05, 4.69) is 28.8 Å². The number of hydrogen-bond donors (Lipinski definition) is 0. The highest BCUT2D eigenvalue weighted by Gasteiger charge is 2.46. The summed E-state index contributed by atoms with van der Waals surface area (Å²) in [4.78, 5) is 1.85. The Kier molecular flexibility index (Phi) is 5.38. The van der Waals surface area contributed by atoms with Crippen molar-refractivity contribution < 1.29 is 13.7 Å². The zero-order valence-electron chi connectivity index (χ0n) is 14.3. The number of para-hydroxylation sites is 1. The van der Waals surface area contributed by atoms with Gasteiger partial charge in [0.2, 0.25) is 11.4 Å². The summed E-state index contributed by atoms with van der Waals surface area (Å²) < 4.78 is 19.7. The molecule has 4 nitrogen and oxygen atoms in total. The number of halogens is 2. The molecule has 1 aliphatic heterocycles. The maximum atomic E-state index is 12.0. The summed E-state index contributed by atoms with van der Waals surface area (Å²) in [5, 5.41) is 0. The van der Waals surface area contributed by atoms with E-state index in [0.717, 1.165) is 22.5 Å². The molecule has 1 aliphatic rings.